The summed E-state index contributed by atoms with van der Waals surface area (Å²) >= 11 is 0. The molecule has 7 nitrogen and oxygen atoms in total. The molecule has 0 saturated carbocycles. The Morgan fingerprint density at radius 1 is 1.42 bits per heavy atom. The number of methoxy groups -OCH3 is 1. The van der Waals surface area contributed by atoms with Crippen LogP contribution in [0.1, 0.15) is 17.3 Å². The minimum absolute atomic E-state index is 0.187. The van der Waals surface area contributed by atoms with Crippen molar-refractivity contribution >= 4 is 17.3 Å². The van der Waals surface area contributed by atoms with Gasteiger partial charge in [-0.15, -0.1) is 0 Å². The van der Waals surface area contributed by atoms with Crippen molar-refractivity contribution in [2.24, 2.45) is 5.73 Å². The first-order valence-corrected chi connectivity index (χ1v) is 7.50. The Morgan fingerprint density at radius 2 is 2.19 bits per heavy atom. The van der Waals surface area contributed by atoms with Crippen LogP contribution >= 0.6 is 0 Å². The van der Waals surface area contributed by atoms with Crippen molar-refractivity contribution in [3.05, 3.63) is 79.0 Å². The van der Waals surface area contributed by atoms with Gasteiger partial charge in [0.2, 0.25) is 5.91 Å². The molecular weight excluding hydrogens is 337 g/mol. The highest BCUT2D eigenvalue weighted by molar-refractivity contribution is 5.95. The summed E-state index contributed by atoms with van der Waals surface area (Å²) in [6.07, 6.45) is 5.44. The highest BCUT2D eigenvalue weighted by Crippen LogP contribution is 2.24. The molecule has 2 aromatic heterocycles. The molecule has 1 unspecified atom stereocenters. The molecule has 2 heterocycles. The van der Waals surface area contributed by atoms with Crippen molar-refractivity contribution in [2.45, 2.75) is 6.04 Å². The third kappa shape index (κ3) is 4.81. The smallest absolute Gasteiger partial charge is 0.247 e. The number of rotatable bonds is 7. The number of pyridine rings is 1. The van der Waals surface area contributed by atoms with E-state index in [9.17, 15) is 9.18 Å². The lowest BCUT2D eigenvalue weighted by Gasteiger charge is -2.13. The maximum atomic E-state index is 13.2. The summed E-state index contributed by atoms with van der Waals surface area (Å²) < 4.78 is 18.3. The number of ether oxygens (including phenoxy) is 1. The van der Waals surface area contributed by atoms with Crippen LogP contribution in [-0.2, 0) is 9.53 Å². The van der Waals surface area contributed by atoms with Gasteiger partial charge >= 0.3 is 0 Å². The Bertz CT molecular complexity index is 852. The molecule has 0 bridgehead atoms. The maximum absolute atomic E-state index is 13.2. The van der Waals surface area contributed by atoms with Crippen LogP contribution in [0, 0.1) is 0 Å². The Hall–Kier alpha value is -3.39. The first-order valence-electron chi connectivity index (χ1n) is 7.50. The van der Waals surface area contributed by atoms with Crippen LogP contribution in [0.4, 0.5) is 10.2 Å². The molecule has 2 aromatic rings. The first-order chi connectivity index (χ1) is 12.4. The molecule has 0 aromatic carbocycles. The number of halogens is 1. The number of carbonyl (C=O) groups is 1. The van der Waals surface area contributed by atoms with E-state index in [2.05, 4.69) is 33.4 Å². The fourth-order valence-electron chi connectivity index (χ4n) is 2.05. The molecule has 0 fully saturated rings. The summed E-state index contributed by atoms with van der Waals surface area (Å²) in [6, 6.07) is 3.91. The standard InChI is InChI=1S/C18H18FN5O2/c1-11(19)7-14(12(2)26-3)15-8-16(23-10-22-15)24-18(25)17(20)13-5-4-6-21-9-13/h4-10,17H,1-2,20H2,3H3,(H,22,23,24,25)/b14-7+. The van der Waals surface area contributed by atoms with Gasteiger partial charge in [-0.3, -0.25) is 9.78 Å². The summed E-state index contributed by atoms with van der Waals surface area (Å²) in [5.41, 5.74) is 7.05. The van der Waals surface area contributed by atoms with Crippen molar-refractivity contribution in [2.75, 3.05) is 12.4 Å². The SMILES string of the molecule is C=C(F)/C=C(\C(=C)OC)c1cc(NC(=O)C(N)c2cccnc2)ncn1. The molecule has 0 saturated heterocycles. The van der Waals surface area contributed by atoms with Crippen molar-refractivity contribution < 1.29 is 13.9 Å². The van der Waals surface area contributed by atoms with Gasteiger partial charge in [-0.2, -0.15) is 0 Å². The second-order valence-corrected chi connectivity index (χ2v) is 5.17. The van der Waals surface area contributed by atoms with E-state index in [0.717, 1.165) is 6.08 Å². The van der Waals surface area contributed by atoms with Crippen LogP contribution < -0.4 is 11.1 Å². The average Bonchev–Trinajstić information content (AvgIpc) is 2.65. The number of carbonyl (C=O) groups excluding carboxylic acids is 1. The zero-order valence-electron chi connectivity index (χ0n) is 14.1. The quantitative estimate of drug-likeness (QED) is 0.584. The predicted molar refractivity (Wildman–Crippen MR) is 96.2 cm³/mol. The van der Waals surface area contributed by atoms with E-state index >= 15 is 0 Å². The molecule has 0 aliphatic rings. The Balaban J connectivity index is 2.24. The van der Waals surface area contributed by atoms with Crippen LogP contribution in [0.2, 0.25) is 0 Å². The van der Waals surface area contributed by atoms with Crippen molar-refractivity contribution in [1.82, 2.24) is 15.0 Å². The highest BCUT2D eigenvalue weighted by Gasteiger charge is 2.17. The van der Waals surface area contributed by atoms with E-state index in [4.69, 9.17) is 10.5 Å². The van der Waals surface area contributed by atoms with E-state index in [1.165, 1.54) is 25.7 Å². The monoisotopic (exact) mass is 355 g/mol. The number of nitrogens with zero attached hydrogens (tertiary/aromatic N) is 3. The first kappa shape index (κ1) is 18.9. The lowest BCUT2D eigenvalue weighted by Crippen LogP contribution is -2.28. The zero-order chi connectivity index (χ0) is 19.1. The van der Waals surface area contributed by atoms with Gasteiger partial charge in [0.25, 0.3) is 0 Å². The van der Waals surface area contributed by atoms with E-state index < -0.39 is 17.8 Å². The summed E-state index contributed by atoms with van der Waals surface area (Å²) in [6.45, 7) is 6.88. The van der Waals surface area contributed by atoms with Crippen LogP contribution in [0.5, 0.6) is 0 Å². The van der Waals surface area contributed by atoms with Crippen LogP contribution in [-0.4, -0.2) is 28.0 Å². The van der Waals surface area contributed by atoms with Gasteiger partial charge in [-0.05, 0) is 17.7 Å². The number of nitrogens with one attached hydrogen (secondary N) is 1. The highest BCUT2D eigenvalue weighted by atomic mass is 19.1. The lowest BCUT2D eigenvalue weighted by atomic mass is 10.1. The number of hydrogen-bond donors (Lipinski definition) is 2. The summed E-state index contributed by atoms with van der Waals surface area (Å²) in [4.78, 5) is 24.3. The summed E-state index contributed by atoms with van der Waals surface area (Å²) in [5, 5.41) is 2.59. The minimum Gasteiger partial charge on any atom is -0.497 e. The topological polar surface area (TPSA) is 103 Å². The number of anilines is 1. The molecule has 1 amide bonds. The third-order valence-corrected chi connectivity index (χ3v) is 3.37. The van der Waals surface area contributed by atoms with E-state index in [-0.39, 0.29) is 17.2 Å². The number of hydrogen-bond acceptors (Lipinski definition) is 6. The average molecular weight is 355 g/mol. The maximum Gasteiger partial charge on any atom is 0.247 e. The normalized spacial score (nSPS) is 12.2. The molecule has 0 aliphatic carbocycles. The molecule has 26 heavy (non-hydrogen) atoms. The van der Waals surface area contributed by atoms with Crippen molar-refractivity contribution in [1.29, 1.82) is 0 Å². The predicted octanol–water partition coefficient (Wildman–Crippen LogP) is 2.54. The molecule has 8 heteroatoms. The second-order valence-electron chi connectivity index (χ2n) is 5.17. The number of amides is 1. The van der Waals surface area contributed by atoms with Crippen LogP contribution in [0.3, 0.4) is 0 Å². The molecule has 134 valence electrons. The van der Waals surface area contributed by atoms with Gasteiger partial charge < -0.3 is 15.8 Å². The lowest BCUT2D eigenvalue weighted by molar-refractivity contribution is -0.117. The molecule has 0 radical (unpaired) electrons. The van der Waals surface area contributed by atoms with Gasteiger partial charge in [0, 0.05) is 24.0 Å². The molecule has 2 rings (SSSR count). The van der Waals surface area contributed by atoms with Crippen molar-refractivity contribution in [3.63, 3.8) is 0 Å². The molecule has 0 spiro atoms. The Labute approximate surface area is 150 Å². The zero-order valence-corrected chi connectivity index (χ0v) is 14.1. The van der Waals surface area contributed by atoms with E-state index in [1.807, 2.05) is 0 Å². The fourth-order valence-corrected chi connectivity index (χ4v) is 2.05. The van der Waals surface area contributed by atoms with Gasteiger partial charge in [0.1, 0.15) is 29.8 Å². The number of aromatic nitrogens is 3. The third-order valence-electron chi connectivity index (χ3n) is 3.37. The van der Waals surface area contributed by atoms with Gasteiger partial charge in [-0.1, -0.05) is 19.2 Å². The second kappa shape index (κ2) is 8.63. The Morgan fingerprint density at radius 3 is 2.81 bits per heavy atom. The molecule has 1 atom stereocenters. The molecular formula is C18H18FN5O2. The van der Waals surface area contributed by atoms with Gasteiger partial charge in [-0.25, -0.2) is 14.4 Å². The van der Waals surface area contributed by atoms with Crippen LogP contribution in [0.25, 0.3) is 5.57 Å². The summed E-state index contributed by atoms with van der Waals surface area (Å²) in [7, 11) is 1.40. The van der Waals surface area contributed by atoms with Crippen LogP contribution in [0.15, 0.2) is 67.7 Å². The summed E-state index contributed by atoms with van der Waals surface area (Å²) in [5.74, 6) is -0.792. The van der Waals surface area contributed by atoms with E-state index in [0.29, 0.717) is 11.3 Å². The van der Waals surface area contributed by atoms with Crippen molar-refractivity contribution in [3.8, 4) is 0 Å². The van der Waals surface area contributed by atoms with Gasteiger partial charge in [0.05, 0.1) is 12.8 Å². The number of nitrogens with two attached hydrogens (primary N) is 1. The van der Waals surface area contributed by atoms with Gasteiger partial charge in [0.15, 0.2) is 0 Å². The van der Waals surface area contributed by atoms with E-state index in [1.54, 1.807) is 18.3 Å². The number of allylic oxidation sites excluding steroid dienone is 3. The fraction of sp³-hybridized carbons (Fsp3) is 0.111. The molecule has 0 aliphatic heterocycles. The largest absolute Gasteiger partial charge is 0.497 e. The molecule has 3 N–H and O–H groups in total. The Kier molecular flexibility index (Phi) is 6.29. The minimum atomic E-state index is -0.920.